The second kappa shape index (κ2) is 10.1. The molecule has 0 aliphatic carbocycles. The zero-order valence-corrected chi connectivity index (χ0v) is 16.3. The van der Waals surface area contributed by atoms with Gasteiger partial charge < -0.3 is 20.3 Å². The summed E-state index contributed by atoms with van der Waals surface area (Å²) in [6.07, 6.45) is 3.98. The van der Waals surface area contributed by atoms with Crippen LogP contribution in [0.15, 0.2) is 47.7 Å². The van der Waals surface area contributed by atoms with Crippen molar-refractivity contribution in [1.29, 1.82) is 0 Å². The number of benzene rings is 1. The minimum absolute atomic E-state index is 0.194. The van der Waals surface area contributed by atoms with Gasteiger partial charge in [-0.2, -0.15) is 5.10 Å². The molecular formula is C20H30N6O. The van der Waals surface area contributed by atoms with Crippen LogP contribution in [0.25, 0.3) is 0 Å². The molecule has 0 spiro atoms. The number of aromatic nitrogens is 2. The maximum Gasteiger partial charge on any atom is 0.191 e. The molecule has 1 aromatic carbocycles. The molecule has 2 heterocycles. The summed E-state index contributed by atoms with van der Waals surface area (Å²) in [6.45, 7) is 7.77. The number of morpholine rings is 1. The van der Waals surface area contributed by atoms with Crippen molar-refractivity contribution in [3.63, 3.8) is 0 Å². The Balaban J connectivity index is 1.61. The molecule has 7 nitrogen and oxygen atoms in total. The number of nitrogens with zero attached hydrogens (tertiary/aromatic N) is 4. The number of nitrogens with one attached hydrogen (secondary N) is 2. The van der Waals surface area contributed by atoms with Gasteiger partial charge in [0.25, 0.3) is 0 Å². The average Bonchev–Trinajstić information content (AvgIpc) is 3.18. The topological polar surface area (TPSA) is 66.7 Å². The van der Waals surface area contributed by atoms with Gasteiger partial charge in [-0.1, -0.05) is 24.3 Å². The molecular weight excluding hydrogens is 340 g/mol. The standard InChI is InChI=1S/C20H30N6O/c1-3-21-20(23-14-19-16-25(2)11-12-27-19)22-13-17-7-4-5-8-18(17)15-26-10-6-9-24-26/h4-10,19H,3,11-16H2,1-2H3,(H2,21,22,23). The molecule has 1 aliphatic rings. The monoisotopic (exact) mass is 370 g/mol. The lowest BCUT2D eigenvalue weighted by Gasteiger charge is -2.30. The van der Waals surface area contributed by atoms with Gasteiger partial charge in [-0.25, -0.2) is 4.99 Å². The van der Waals surface area contributed by atoms with E-state index in [1.165, 1.54) is 11.1 Å². The van der Waals surface area contributed by atoms with E-state index in [0.29, 0.717) is 6.54 Å². The Labute approximate surface area is 161 Å². The van der Waals surface area contributed by atoms with Crippen molar-refractivity contribution < 1.29 is 4.74 Å². The van der Waals surface area contributed by atoms with Crippen LogP contribution in [-0.2, 0) is 17.8 Å². The van der Waals surface area contributed by atoms with Gasteiger partial charge in [-0.15, -0.1) is 0 Å². The second-order valence-electron chi connectivity index (χ2n) is 6.80. The quantitative estimate of drug-likeness (QED) is 0.568. The molecule has 2 aromatic rings. The smallest absolute Gasteiger partial charge is 0.191 e. The second-order valence-corrected chi connectivity index (χ2v) is 6.80. The summed E-state index contributed by atoms with van der Waals surface area (Å²) in [5.74, 6) is 0.822. The minimum atomic E-state index is 0.194. The molecule has 0 amide bonds. The summed E-state index contributed by atoms with van der Waals surface area (Å²) < 4.78 is 7.75. The number of aliphatic imine (C=N–C) groups is 1. The van der Waals surface area contributed by atoms with E-state index in [1.807, 2.05) is 16.9 Å². The van der Waals surface area contributed by atoms with Crippen LogP contribution in [0.3, 0.4) is 0 Å². The van der Waals surface area contributed by atoms with Gasteiger partial charge in [0.2, 0.25) is 0 Å². The average molecular weight is 371 g/mol. The normalized spacial score (nSPS) is 18.4. The third-order valence-electron chi connectivity index (χ3n) is 4.60. The Kier molecular flexibility index (Phi) is 7.24. The first kappa shape index (κ1) is 19.4. The number of rotatable bonds is 7. The Morgan fingerprint density at radius 1 is 1.26 bits per heavy atom. The molecule has 0 bridgehead atoms. The third-order valence-corrected chi connectivity index (χ3v) is 4.60. The molecule has 0 radical (unpaired) electrons. The summed E-state index contributed by atoms with van der Waals surface area (Å²) in [4.78, 5) is 7.07. The molecule has 0 saturated carbocycles. The Morgan fingerprint density at radius 3 is 2.85 bits per heavy atom. The number of hydrogen-bond donors (Lipinski definition) is 2. The molecule has 1 saturated heterocycles. The zero-order valence-electron chi connectivity index (χ0n) is 16.3. The first-order valence-corrected chi connectivity index (χ1v) is 9.61. The van der Waals surface area contributed by atoms with E-state index in [2.05, 4.69) is 58.9 Å². The molecule has 146 valence electrons. The van der Waals surface area contributed by atoms with Crippen LogP contribution in [0.1, 0.15) is 18.1 Å². The first-order chi connectivity index (χ1) is 13.2. The molecule has 3 rings (SSSR count). The van der Waals surface area contributed by atoms with Crippen molar-refractivity contribution in [2.24, 2.45) is 4.99 Å². The number of guanidine groups is 1. The van der Waals surface area contributed by atoms with E-state index >= 15 is 0 Å². The summed E-state index contributed by atoms with van der Waals surface area (Å²) >= 11 is 0. The first-order valence-electron chi connectivity index (χ1n) is 9.61. The van der Waals surface area contributed by atoms with E-state index in [4.69, 9.17) is 9.73 Å². The van der Waals surface area contributed by atoms with Gasteiger partial charge >= 0.3 is 0 Å². The maximum atomic E-state index is 5.82. The zero-order chi connectivity index (χ0) is 18.9. The molecule has 1 atom stereocenters. The number of hydrogen-bond acceptors (Lipinski definition) is 4. The number of likely N-dealkylation sites (N-methyl/N-ethyl adjacent to an activating group) is 1. The fraction of sp³-hybridized carbons (Fsp3) is 0.500. The highest BCUT2D eigenvalue weighted by Crippen LogP contribution is 2.11. The van der Waals surface area contributed by atoms with E-state index in [9.17, 15) is 0 Å². The van der Waals surface area contributed by atoms with Crippen molar-refractivity contribution in [2.45, 2.75) is 26.1 Å². The van der Waals surface area contributed by atoms with E-state index in [-0.39, 0.29) is 6.10 Å². The van der Waals surface area contributed by atoms with E-state index < -0.39 is 0 Å². The van der Waals surface area contributed by atoms with Crippen molar-refractivity contribution in [3.8, 4) is 0 Å². The van der Waals surface area contributed by atoms with Crippen LogP contribution >= 0.6 is 0 Å². The largest absolute Gasteiger partial charge is 0.374 e. The molecule has 1 aliphatic heterocycles. The van der Waals surface area contributed by atoms with Crippen molar-refractivity contribution in [3.05, 3.63) is 53.9 Å². The SMILES string of the molecule is CCNC(=NCc1ccccc1Cn1cccn1)NCC1CN(C)CCO1. The van der Waals surface area contributed by atoms with Crippen LogP contribution in [-0.4, -0.2) is 66.6 Å². The van der Waals surface area contributed by atoms with Gasteiger partial charge in [-0.3, -0.25) is 4.68 Å². The van der Waals surface area contributed by atoms with Gasteiger partial charge in [0, 0.05) is 38.6 Å². The van der Waals surface area contributed by atoms with E-state index in [0.717, 1.165) is 45.3 Å². The Bertz CT molecular complexity index is 715. The van der Waals surface area contributed by atoms with Gasteiger partial charge in [0.15, 0.2) is 5.96 Å². The molecule has 1 fully saturated rings. The molecule has 2 N–H and O–H groups in total. The summed E-state index contributed by atoms with van der Waals surface area (Å²) in [6, 6.07) is 10.3. The highest BCUT2D eigenvalue weighted by Gasteiger charge is 2.17. The summed E-state index contributed by atoms with van der Waals surface area (Å²) in [5, 5.41) is 11.0. The van der Waals surface area contributed by atoms with Crippen LogP contribution in [0.4, 0.5) is 0 Å². The lowest BCUT2D eigenvalue weighted by Crippen LogP contribution is -2.48. The van der Waals surface area contributed by atoms with Crippen molar-refractivity contribution in [2.75, 3.05) is 39.8 Å². The van der Waals surface area contributed by atoms with Gasteiger partial charge in [-0.05, 0) is 31.2 Å². The Hall–Kier alpha value is -2.38. The predicted molar refractivity (Wildman–Crippen MR) is 108 cm³/mol. The highest BCUT2D eigenvalue weighted by molar-refractivity contribution is 5.79. The molecule has 1 unspecified atom stereocenters. The highest BCUT2D eigenvalue weighted by atomic mass is 16.5. The molecule has 7 heteroatoms. The third kappa shape index (κ3) is 6.08. The van der Waals surface area contributed by atoms with Crippen LogP contribution < -0.4 is 10.6 Å². The fourth-order valence-corrected chi connectivity index (χ4v) is 3.14. The minimum Gasteiger partial charge on any atom is -0.374 e. The van der Waals surface area contributed by atoms with Crippen LogP contribution in [0, 0.1) is 0 Å². The maximum absolute atomic E-state index is 5.82. The molecule has 27 heavy (non-hydrogen) atoms. The summed E-state index contributed by atoms with van der Waals surface area (Å²) in [5.41, 5.74) is 2.44. The van der Waals surface area contributed by atoms with Crippen LogP contribution in [0.2, 0.25) is 0 Å². The van der Waals surface area contributed by atoms with Gasteiger partial charge in [0.1, 0.15) is 0 Å². The van der Waals surface area contributed by atoms with Crippen LogP contribution in [0.5, 0.6) is 0 Å². The van der Waals surface area contributed by atoms with E-state index in [1.54, 1.807) is 6.20 Å². The van der Waals surface area contributed by atoms with Gasteiger partial charge in [0.05, 0.1) is 25.8 Å². The number of ether oxygens (including phenoxy) is 1. The van der Waals surface area contributed by atoms with Crippen molar-refractivity contribution >= 4 is 5.96 Å². The van der Waals surface area contributed by atoms with Crippen molar-refractivity contribution in [1.82, 2.24) is 25.3 Å². The fourth-order valence-electron chi connectivity index (χ4n) is 3.14. The molecule has 1 aromatic heterocycles. The lowest BCUT2D eigenvalue weighted by atomic mass is 10.1. The Morgan fingerprint density at radius 2 is 2.11 bits per heavy atom. The summed E-state index contributed by atoms with van der Waals surface area (Å²) in [7, 11) is 2.13. The predicted octanol–water partition coefficient (Wildman–Crippen LogP) is 1.32. The lowest BCUT2D eigenvalue weighted by molar-refractivity contribution is -0.0161.